The van der Waals surface area contributed by atoms with Crippen LogP contribution in [0.1, 0.15) is 13.8 Å². The zero-order valence-corrected chi connectivity index (χ0v) is 13.1. The standard InChI is InChI=1S/C17H14N4O3.Na.H/c1-9(2)23-11-4-6-14-13(8-11)16(22)12-5-3-10(7-15(12)24-14)17-18-20-21-19-17;;/h3-9H,1-2H3,(H,18,19,20,21);;. The van der Waals surface area contributed by atoms with E-state index in [1.807, 2.05) is 13.8 Å². The number of nitrogens with zero attached hydrogens (tertiary/aromatic N) is 3. The van der Waals surface area contributed by atoms with Crippen LogP contribution in [0.5, 0.6) is 5.75 Å². The van der Waals surface area contributed by atoms with Gasteiger partial charge in [0.1, 0.15) is 16.9 Å². The first kappa shape index (κ1) is 17.6. The van der Waals surface area contributed by atoms with E-state index in [4.69, 9.17) is 9.15 Å². The Kier molecular flexibility index (Phi) is 4.89. The minimum absolute atomic E-state index is 0. The first-order valence-electron chi connectivity index (χ1n) is 7.53. The second kappa shape index (κ2) is 6.95. The van der Waals surface area contributed by atoms with Crippen LogP contribution in [0.4, 0.5) is 0 Å². The molecule has 0 fully saturated rings. The number of H-pyrrole nitrogens is 1. The summed E-state index contributed by atoms with van der Waals surface area (Å²) in [6, 6.07) is 10.5. The molecule has 2 aromatic carbocycles. The van der Waals surface area contributed by atoms with Crippen LogP contribution in [0.3, 0.4) is 0 Å². The molecule has 0 bridgehead atoms. The summed E-state index contributed by atoms with van der Waals surface area (Å²) in [5.74, 6) is 1.16. The van der Waals surface area contributed by atoms with Crippen molar-refractivity contribution >= 4 is 51.5 Å². The van der Waals surface area contributed by atoms with Crippen LogP contribution in [0.25, 0.3) is 33.3 Å². The van der Waals surface area contributed by atoms with Gasteiger partial charge in [-0.05, 0) is 54.6 Å². The molecule has 2 aromatic heterocycles. The molecule has 4 rings (SSSR count). The van der Waals surface area contributed by atoms with Crippen LogP contribution in [0.15, 0.2) is 45.6 Å². The molecular weight excluding hydrogens is 331 g/mol. The maximum atomic E-state index is 12.8. The topological polar surface area (TPSA) is 93.9 Å². The SMILES string of the molecule is CC(C)Oc1ccc2oc3cc(-c4nnn[nH]4)ccc3c(=O)c2c1.[NaH]. The van der Waals surface area contributed by atoms with Crippen molar-refractivity contribution in [2.45, 2.75) is 20.0 Å². The number of rotatable bonds is 3. The van der Waals surface area contributed by atoms with Crippen LogP contribution in [-0.2, 0) is 0 Å². The molecule has 0 aliphatic rings. The summed E-state index contributed by atoms with van der Waals surface area (Å²) in [7, 11) is 0. The minimum atomic E-state index is -0.0947. The molecule has 7 nitrogen and oxygen atoms in total. The Bertz CT molecular complexity index is 1090. The molecule has 122 valence electrons. The predicted molar refractivity (Wildman–Crippen MR) is 96.1 cm³/mol. The fourth-order valence-electron chi connectivity index (χ4n) is 2.61. The summed E-state index contributed by atoms with van der Waals surface area (Å²) < 4.78 is 11.5. The van der Waals surface area contributed by atoms with Crippen molar-refractivity contribution in [2.75, 3.05) is 0 Å². The second-order valence-corrected chi connectivity index (χ2v) is 5.72. The van der Waals surface area contributed by atoms with Crippen molar-refractivity contribution in [2.24, 2.45) is 0 Å². The van der Waals surface area contributed by atoms with Crippen LogP contribution in [0, 0.1) is 0 Å². The van der Waals surface area contributed by atoms with Crippen molar-refractivity contribution in [1.29, 1.82) is 0 Å². The summed E-state index contributed by atoms with van der Waals surface area (Å²) >= 11 is 0. The number of aromatic nitrogens is 4. The summed E-state index contributed by atoms with van der Waals surface area (Å²) in [5.41, 5.74) is 1.65. The van der Waals surface area contributed by atoms with E-state index in [2.05, 4.69) is 20.6 Å². The Morgan fingerprint density at radius 1 is 1.08 bits per heavy atom. The predicted octanol–water partition coefficient (Wildman–Crippen LogP) is 2.26. The third-order valence-electron chi connectivity index (χ3n) is 3.63. The number of ether oxygens (including phenoxy) is 1. The number of hydrogen-bond donors (Lipinski definition) is 1. The molecule has 0 spiro atoms. The molecule has 1 N–H and O–H groups in total. The first-order chi connectivity index (χ1) is 11.6. The molecule has 8 heteroatoms. The van der Waals surface area contributed by atoms with E-state index in [0.29, 0.717) is 33.5 Å². The molecule has 0 unspecified atom stereocenters. The summed E-state index contributed by atoms with van der Waals surface area (Å²) in [6.07, 6.45) is 0.0352. The summed E-state index contributed by atoms with van der Waals surface area (Å²) in [6.45, 7) is 3.87. The Morgan fingerprint density at radius 3 is 2.64 bits per heavy atom. The number of fused-ring (bicyclic) bond motifs is 2. The molecule has 0 amide bonds. The molecule has 0 aliphatic carbocycles. The number of benzene rings is 2. The van der Waals surface area contributed by atoms with E-state index in [1.165, 1.54) is 0 Å². The zero-order chi connectivity index (χ0) is 16.7. The normalized spacial score (nSPS) is 11.0. The third kappa shape index (κ3) is 3.30. The van der Waals surface area contributed by atoms with Gasteiger partial charge >= 0.3 is 29.6 Å². The fourth-order valence-corrected chi connectivity index (χ4v) is 2.61. The molecule has 0 atom stereocenters. The van der Waals surface area contributed by atoms with Gasteiger partial charge in [-0.2, -0.15) is 0 Å². The van der Waals surface area contributed by atoms with Gasteiger partial charge in [-0.25, -0.2) is 5.10 Å². The van der Waals surface area contributed by atoms with E-state index in [-0.39, 0.29) is 41.1 Å². The van der Waals surface area contributed by atoms with Crippen LogP contribution in [-0.4, -0.2) is 56.3 Å². The van der Waals surface area contributed by atoms with Crippen molar-refractivity contribution in [3.63, 3.8) is 0 Å². The summed E-state index contributed by atoms with van der Waals surface area (Å²) in [4.78, 5) is 12.8. The van der Waals surface area contributed by atoms with Gasteiger partial charge in [-0.15, -0.1) is 5.10 Å². The van der Waals surface area contributed by atoms with Crippen molar-refractivity contribution in [3.05, 3.63) is 46.6 Å². The molecule has 0 saturated carbocycles. The van der Waals surface area contributed by atoms with Crippen LogP contribution >= 0.6 is 0 Å². The van der Waals surface area contributed by atoms with E-state index in [9.17, 15) is 4.79 Å². The van der Waals surface area contributed by atoms with Crippen molar-refractivity contribution in [3.8, 4) is 17.1 Å². The molecule has 2 heterocycles. The van der Waals surface area contributed by atoms with Gasteiger partial charge in [0.2, 0.25) is 5.43 Å². The van der Waals surface area contributed by atoms with Crippen molar-refractivity contribution in [1.82, 2.24) is 20.6 Å². The van der Waals surface area contributed by atoms with E-state index in [0.717, 1.165) is 5.56 Å². The quantitative estimate of drug-likeness (QED) is 0.452. The number of tetrazole rings is 1. The average Bonchev–Trinajstić information content (AvgIpc) is 3.09. The van der Waals surface area contributed by atoms with Gasteiger partial charge in [0.25, 0.3) is 0 Å². The maximum absolute atomic E-state index is 12.8. The van der Waals surface area contributed by atoms with Gasteiger partial charge in [0.15, 0.2) is 5.82 Å². The molecule has 0 saturated heterocycles. The second-order valence-electron chi connectivity index (χ2n) is 5.72. The number of hydrogen-bond acceptors (Lipinski definition) is 6. The Balaban J connectivity index is 0.00000182. The van der Waals surface area contributed by atoms with Gasteiger partial charge in [0, 0.05) is 5.56 Å². The zero-order valence-electron chi connectivity index (χ0n) is 13.1. The summed E-state index contributed by atoms with van der Waals surface area (Å²) in [5, 5.41) is 14.7. The van der Waals surface area contributed by atoms with E-state index < -0.39 is 0 Å². The van der Waals surface area contributed by atoms with Crippen molar-refractivity contribution < 1.29 is 9.15 Å². The van der Waals surface area contributed by atoms with Gasteiger partial charge in [0.05, 0.1) is 16.9 Å². The Labute approximate surface area is 164 Å². The molecule has 4 aromatic rings. The van der Waals surface area contributed by atoms with Gasteiger partial charge < -0.3 is 9.15 Å². The average molecular weight is 346 g/mol. The van der Waals surface area contributed by atoms with Crippen LogP contribution < -0.4 is 10.2 Å². The molecular formula is C17H15N4NaO3. The first-order valence-corrected chi connectivity index (χ1v) is 7.53. The number of aromatic amines is 1. The van der Waals surface area contributed by atoms with Crippen LogP contribution in [0.2, 0.25) is 0 Å². The van der Waals surface area contributed by atoms with E-state index in [1.54, 1.807) is 36.4 Å². The Morgan fingerprint density at radius 2 is 1.92 bits per heavy atom. The van der Waals surface area contributed by atoms with E-state index >= 15 is 0 Å². The van der Waals surface area contributed by atoms with Gasteiger partial charge in [-0.1, -0.05) is 6.07 Å². The van der Waals surface area contributed by atoms with Gasteiger partial charge in [-0.3, -0.25) is 4.79 Å². The number of nitrogens with one attached hydrogen (secondary N) is 1. The molecule has 0 aliphatic heterocycles. The Hall–Kier alpha value is -2.22. The molecule has 0 radical (unpaired) electrons. The molecule has 25 heavy (non-hydrogen) atoms. The monoisotopic (exact) mass is 346 g/mol. The fraction of sp³-hybridized carbons (Fsp3) is 0.176. The third-order valence-corrected chi connectivity index (χ3v) is 3.63.